The highest BCUT2D eigenvalue weighted by atomic mass is 35.5. The molecular formula is C20H23ClN4O2. The van der Waals surface area contributed by atoms with Crippen molar-refractivity contribution in [1.82, 2.24) is 19.7 Å². The molecule has 6 nitrogen and oxygen atoms in total. The van der Waals surface area contributed by atoms with Crippen molar-refractivity contribution in [3.05, 3.63) is 53.9 Å². The molecule has 2 aromatic heterocycles. The molecule has 27 heavy (non-hydrogen) atoms. The predicted molar refractivity (Wildman–Crippen MR) is 104 cm³/mol. The monoisotopic (exact) mass is 386 g/mol. The Kier molecular flexibility index (Phi) is 5.18. The zero-order valence-corrected chi connectivity index (χ0v) is 15.7. The standard InChI is InChI=1S/C20H23ClN4O2/c21-16-11-22-25(13-16)12-14-9-17(19(26)10-14)23-20(27)6-8-24-7-5-15-3-1-2-4-18(15)24/h1-5,7,11,13-14,17,19,26H,6,8-10,12H2,(H,23,27)/t14?,17-,19-/m1/s1. The number of hydrogen-bond acceptors (Lipinski definition) is 3. The van der Waals surface area contributed by atoms with E-state index in [1.165, 1.54) is 5.39 Å². The van der Waals surface area contributed by atoms with E-state index in [1.54, 1.807) is 17.1 Å². The first-order chi connectivity index (χ1) is 13.1. The fourth-order valence-corrected chi connectivity index (χ4v) is 4.12. The number of rotatable bonds is 6. The van der Waals surface area contributed by atoms with Crippen LogP contribution in [0.3, 0.4) is 0 Å². The van der Waals surface area contributed by atoms with Gasteiger partial charge in [0.1, 0.15) is 0 Å². The molecular weight excluding hydrogens is 364 g/mol. The number of aliphatic hydroxyl groups is 1. The Bertz CT molecular complexity index is 935. The van der Waals surface area contributed by atoms with Crippen molar-refractivity contribution in [1.29, 1.82) is 0 Å². The molecule has 4 rings (SSSR count). The highest BCUT2D eigenvalue weighted by Crippen LogP contribution is 2.28. The Hall–Kier alpha value is -2.31. The van der Waals surface area contributed by atoms with Crippen LogP contribution in [0.25, 0.3) is 10.9 Å². The van der Waals surface area contributed by atoms with Crippen LogP contribution in [-0.4, -0.2) is 37.5 Å². The molecule has 0 bridgehead atoms. The van der Waals surface area contributed by atoms with E-state index in [0.717, 1.165) is 11.9 Å². The average Bonchev–Trinajstić information content (AvgIpc) is 3.33. The Balaban J connectivity index is 1.29. The molecule has 3 aromatic rings. The van der Waals surface area contributed by atoms with Crippen molar-refractivity contribution >= 4 is 28.4 Å². The minimum Gasteiger partial charge on any atom is -0.391 e. The second-order valence-electron chi connectivity index (χ2n) is 7.28. The van der Waals surface area contributed by atoms with E-state index in [-0.39, 0.29) is 17.9 Å². The Morgan fingerprint density at radius 3 is 2.96 bits per heavy atom. The molecule has 1 aliphatic carbocycles. The van der Waals surface area contributed by atoms with E-state index in [1.807, 2.05) is 18.3 Å². The second kappa shape index (κ2) is 7.74. The van der Waals surface area contributed by atoms with Gasteiger partial charge < -0.3 is 15.0 Å². The normalized spacial score (nSPS) is 22.4. The maximum absolute atomic E-state index is 12.4. The largest absolute Gasteiger partial charge is 0.391 e. The van der Waals surface area contributed by atoms with Crippen molar-refractivity contribution in [3.8, 4) is 0 Å². The molecule has 1 unspecified atom stereocenters. The molecule has 1 amide bonds. The number of benzene rings is 1. The number of nitrogens with one attached hydrogen (secondary N) is 1. The highest BCUT2D eigenvalue weighted by Gasteiger charge is 2.34. The van der Waals surface area contributed by atoms with Crippen molar-refractivity contribution in [2.75, 3.05) is 0 Å². The van der Waals surface area contributed by atoms with Crippen molar-refractivity contribution in [3.63, 3.8) is 0 Å². The number of aromatic nitrogens is 3. The average molecular weight is 387 g/mol. The lowest BCUT2D eigenvalue weighted by Crippen LogP contribution is -2.40. The van der Waals surface area contributed by atoms with Gasteiger partial charge in [-0.15, -0.1) is 0 Å². The summed E-state index contributed by atoms with van der Waals surface area (Å²) in [4.78, 5) is 12.4. The SMILES string of the molecule is O=C(CCn1ccc2ccccc21)N[C@@H]1CC(Cn2cc(Cl)cn2)C[C@H]1O. The van der Waals surface area contributed by atoms with Crippen LogP contribution in [0.15, 0.2) is 48.9 Å². The van der Waals surface area contributed by atoms with Gasteiger partial charge in [-0.25, -0.2) is 0 Å². The number of amides is 1. The molecule has 0 aliphatic heterocycles. The Morgan fingerprint density at radius 1 is 1.30 bits per heavy atom. The van der Waals surface area contributed by atoms with Crippen molar-refractivity contribution in [2.45, 2.75) is 44.5 Å². The summed E-state index contributed by atoms with van der Waals surface area (Å²) in [5.74, 6) is 0.245. The molecule has 0 saturated heterocycles. The lowest BCUT2D eigenvalue weighted by atomic mass is 10.1. The number of aryl methyl sites for hydroxylation is 1. The summed E-state index contributed by atoms with van der Waals surface area (Å²) in [5, 5.41) is 19.3. The maximum Gasteiger partial charge on any atom is 0.222 e. The topological polar surface area (TPSA) is 72.1 Å². The third-order valence-corrected chi connectivity index (χ3v) is 5.48. The molecule has 7 heteroatoms. The lowest BCUT2D eigenvalue weighted by Gasteiger charge is -2.16. The first-order valence-electron chi connectivity index (χ1n) is 9.28. The highest BCUT2D eigenvalue weighted by molar-refractivity contribution is 6.30. The molecule has 2 heterocycles. The number of carbonyl (C=O) groups is 1. The van der Waals surface area contributed by atoms with Crippen LogP contribution in [-0.2, 0) is 17.9 Å². The predicted octanol–water partition coefficient (Wildman–Crippen LogP) is 2.84. The van der Waals surface area contributed by atoms with Gasteiger partial charge in [0.05, 0.1) is 23.4 Å². The van der Waals surface area contributed by atoms with Crippen LogP contribution >= 0.6 is 11.6 Å². The van der Waals surface area contributed by atoms with Crippen LogP contribution < -0.4 is 5.32 Å². The van der Waals surface area contributed by atoms with Gasteiger partial charge in [0.25, 0.3) is 0 Å². The fraction of sp³-hybridized carbons (Fsp3) is 0.400. The van der Waals surface area contributed by atoms with E-state index < -0.39 is 6.10 Å². The number of carbonyl (C=O) groups excluding carboxylic acids is 1. The number of aliphatic hydroxyl groups excluding tert-OH is 1. The fourth-order valence-electron chi connectivity index (χ4n) is 3.96. The van der Waals surface area contributed by atoms with Gasteiger partial charge in [-0.3, -0.25) is 9.48 Å². The van der Waals surface area contributed by atoms with Crippen molar-refractivity contribution < 1.29 is 9.90 Å². The molecule has 0 radical (unpaired) electrons. The molecule has 0 spiro atoms. The van der Waals surface area contributed by atoms with Gasteiger partial charge in [-0.2, -0.15) is 5.10 Å². The summed E-state index contributed by atoms with van der Waals surface area (Å²) in [5.41, 5.74) is 1.13. The summed E-state index contributed by atoms with van der Waals surface area (Å²) < 4.78 is 3.88. The molecule has 1 fully saturated rings. The first-order valence-corrected chi connectivity index (χ1v) is 9.65. The van der Waals surface area contributed by atoms with E-state index in [0.29, 0.717) is 31.0 Å². The van der Waals surface area contributed by atoms with Gasteiger partial charge in [0.15, 0.2) is 0 Å². The van der Waals surface area contributed by atoms with Gasteiger partial charge in [-0.05, 0) is 36.3 Å². The first kappa shape index (κ1) is 18.1. The van der Waals surface area contributed by atoms with Crippen molar-refractivity contribution in [2.24, 2.45) is 5.92 Å². The summed E-state index contributed by atoms with van der Waals surface area (Å²) in [7, 11) is 0. The third-order valence-electron chi connectivity index (χ3n) is 5.28. The minimum atomic E-state index is -0.516. The number of para-hydroxylation sites is 1. The number of hydrogen-bond donors (Lipinski definition) is 2. The second-order valence-corrected chi connectivity index (χ2v) is 7.71. The number of fused-ring (bicyclic) bond motifs is 1. The molecule has 2 N–H and O–H groups in total. The molecule has 1 aromatic carbocycles. The van der Waals surface area contributed by atoms with Gasteiger partial charge >= 0.3 is 0 Å². The zero-order valence-electron chi connectivity index (χ0n) is 15.0. The van der Waals surface area contributed by atoms with E-state index in [2.05, 4.69) is 33.2 Å². The molecule has 3 atom stereocenters. The maximum atomic E-state index is 12.4. The summed E-state index contributed by atoms with van der Waals surface area (Å²) in [6, 6.07) is 9.98. The third kappa shape index (κ3) is 4.17. The minimum absolute atomic E-state index is 0.0281. The van der Waals surface area contributed by atoms with E-state index >= 15 is 0 Å². The lowest BCUT2D eigenvalue weighted by molar-refractivity contribution is -0.122. The Morgan fingerprint density at radius 2 is 2.15 bits per heavy atom. The van der Waals surface area contributed by atoms with Crippen LogP contribution in [0.5, 0.6) is 0 Å². The summed E-state index contributed by atoms with van der Waals surface area (Å²) in [6.07, 6.45) is 6.67. The van der Waals surface area contributed by atoms with Gasteiger partial charge in [0.2, 0.25) is 5.91 Å². The van der Waals surface area contributed by atoms with Crippen LogP contribution in [0, 0.1) is 5.92 Å². The Labute approximate surface area is 162 Å². The number of halogens is 1. The van der Waals surface area contributed by atoms with Crippen LogP contribution in [0.2, 0.25) is 5.02 Å². The summed E-state index contributed by atoms with van der Waals surface area (Å²) in [6.45, 7) is 1.32. The van der Waals surface area contributed by atoms with Crippen LogP contribution in [0.4, 0.5) is 0 Å². The quantitative estimate of drug-likeness (QED) is 0.684. The summed E-state index contributed by atoms with van der Waals surface area (Å²) >= 11 is 5.89. The van der Waals surface area contributed by atoms with E-state index in [4.69, 9.17) is 11.6 Å². The molecule has 142 valence electrons. The van der Waals surface area contributed by atoms with Crippen LogP contribution in [0.1, 0.15) is 19.3 Å². The zero-order chi connectivity index (χ0) is 18.8. The molecule has 1 aliphatic rings. The molecule has 1 saturated carbocycles. The number of nitrogens with zero attached hydrogens (tertiary/aromatic N) is 3. The smallest absolute Gasteiger partial charge is 0.222 e. The van der Waals surface area contributed by atoms with Gasteiger partial charge in [0, 0.05) is 37.4 Å². The van der Waals surface area contributed by atoms with Gasteiger partial charge in [-0.1, -0.05) is 29.8 Å². The van der Waals surface area contributed by atoms with E-state index in [9.17, 15) is 9.90 Å².